The van der Waals surface area contributed by atoms with Crippen molar-refractivity contribution < 1.29 is 0 Å². The standard InChI is InChI=1S/C60H42N4/c1-3-13-39(14-4-1)55-21-11-23-57-61-53(37-63(55)57)45-29-25-43-35-47(31-27-41(43)33-45)59-49-17-7-9-19-51(49)60(52-20-10-8-18-50(52)59)48-32-28-42-34-46(30-26-44(42)36-48)54-38-64-56(22-12-24-58(64)62-54)40-15-5-2-6-16-40/h1-36,57-58H,37-38H2. The van der Waals surface area contributed by atoms with Crippen molar-refractivity contribution in [1.29, 1.82) is 0 Å². The van der Waals surface area contributed by atoms with E-state index in [1.807, 2.05) is 0 Å². The number of allylic oxidation sites excluding steroid dienone is 4. The van der Waals surface area contributed by atoms with Crippen LogP contribution in [0.2, 0.25) is 0 Å². The van der Waals surface area contributed by atoms with Crippen LogP contribution in [0.3, 0.4) is 0 Å². The van der Waals surface area contributed by atoms with Crippen LogP contribution in [0, 0.1) is 0 Å². The monoisotopic (exact) mass is 818 g/mol. The minimum atomic E-state index is 0.0194. The molecule has 302 valence electrons. The number of aliphatic imine (C=N–C) groups is 2. The summed E-state index contributed by atoms with van der Waals surface area (Å²) < 4.78 is 0. The maximum Gasteiger partial charge on any atom is 0.141 e. The molecule has 0 N–H and O–H groups in total. The van der Waals surface area contributed by atoms with Gasteiger partial charge in [-0.05, 0) is 136 Å². The van der Waals surface area contributed by atoms with E-state index in [0.717, 1.165) is 24.5 Å². The Labute approximate surface area is 372 Å². The number of fused-ring (bicyclic) bond motifs is 6. The number of hydrogen-bond acceptors (Lipinski definition) is 4. The van der Waals surface area contributed by atoms with Crippen molar-refractivity contribution in [3.63, 3.8) is 0 Å². The minimum Gasteiger partial charge on any atom is -0.340 e. The van der Waals surface area contributed by atoms with E-state index in [4.69, 9.17) is 9.98 Å². The summed E-state index contributed by atoms with van der Waals surface area (Å²) in [5, 5.41) is 9.89. The Morgan fingerprint density at radius 1 is 0.344 bits per heavy atom. The Bertz CT molecular complexity index is 3280. The van der Waals surface area contributed by atoms with Crippen LogP contribution in [0.15, 0.2) is 228 Å². The molecule has 4 nitrogen and oxygen atoms in total. The fourth-order valence-electron chi connectivity index (χ4n) is 10.5. The van der Waals surface area contributed by atoms with Crippen LogP contribution in [0.5, 0.6) is 0 Å². The molecule has 4 aliphatic heterocycles. The molecule has 0 amide bonds. The van der Waals surface area contributed by atoms with Gasteiger partial charge in [-0.3, -0.25) is 9.98 Å². The molecule has 0 spiro atoms. The van der Waals surface area contributed by atoms with E-state index in [1.165, 1.54) is 99.0 Å². The van der Waals surface area contributed by atoms with E-state index in [9.17, 15) is 0 Å². The fourth-order valence-corrected chi connectivity index (χ4v) is 10.5. The third kappa shape index (κ3) is 6.06. The van der Waals surface area contributed by atoms with Gasteiger partial charge in [0.15, 0.2) is 0 Å². The molecule has 64 heavy (non-hydrogen) atoms. The van der Waals surface area contributed by atoms with E-state index in [2.05, 4.69) is 228 Å². The molecule has 2 atom stereocenters. The van der Waals surface area contributed by atoms with Gasteiger partial charge in [0.2, 0.25) is 0 Å². The van der Waals surface area contributed by atoms with Crippen LogP contribution in [-0.4, -0.2) is 46.6 Å². The van der Waals surface area contributed by atoms with Gasteiger partial charge in [0.25, 0.3) is 0 Å². The largest absolute Gasteiger partial charge is 0.340 e. The van der Waals surface area contributed by atoms with Crippen molar-refractivity contribution in [1.82, 2.24) is 9.80 Å². The van der Waals surface area contributed by atoms with Gasteiger partial charge >= 0.3 is 0 Å². The molecule has 4 heteroatoms. The molecular weight excluding hydrogens is 777 g/mol. The summed E-state index contributed by atoms with van der Waals surface area (Å²) in [5.41, 5.74) is 14.5. The van der Waals surface area contributed by atoms with E-state index in [1.54, 1.807) is 0 Å². The Hall–Kier alpha value is -8.08. The summed E-state index contributed by atoms with van der Waals surface area (Å²) in [5.74, 6) is 0. The van der Waals surface area contributed by atoms with Gasteiger partial charge in [0, 0.05) is 11.4 Å². The highest BCUT2D eigenvalue weighted by Crippen LogP contribution is 2.45. The smallest absolute Gasteiger partial charge is 0.141 e. The summed E-state index contributed by atoms with van der Waals surface area (Å²) in [6, 6.07) is 66.8. The average molecular weight is 819 g/mol. The second-order valence-corrected chi connectivity index (χ2v) is 17.2. The van der Waals surface area contributed by atoms with Crippen molar-refractivity contribution in [2.45, 2.75) is 12.3 Å². The van der Waals surface area contributed by atoms with Crippen molar-refractivity contribution >= 4 is 65.9 Å². The third-order valence-electron chi connectivity index (χ3n) is 13.5. The molecule has 13 rings (SSSR count). The summed E-state index contributed by atoms with van der Waals surface area (Å²) >= 11 is 0. The van der Waals surface area contributed by atoms with Gasteiger partial charge in [-0.2, -0.15) is 0 Å². The SMILES string of the molecule is C1=CC2N=C(c3ccc4cc(-c5c6ccccc6c(-c6ccc7cc(C8=NC9C=CC=C(c%10ccccc%10)N9C8)ccc7c6)c6ccccc56)ccc4c3)CN2C(c2ccccc2)=C1. The van der Waals surface area contributed by atoms with Crippen LogP contribution in [0.25, 0.3) is 76.7 Å². The van der Waals surface area contributed by atoms with Crippen LogP contribution in [-0.2, 0) is 0 Å². The predicted molar refractivity (Wildman–Crippen MR) is 269 cm³/mol. The quantitative estimate of drug-likeness (QED) is 0.157. The summed E-state index contributed by atoms with van der Waals surface area (Å²) in [7, 11) is 0. The maximum absolute atomic E-state index is 5.19. The van der Waals surface area contributed by atoms with Crippen molar-refractivity contribution in [2.75, 3.05) is 13.1 Å². The second-order valence-electron chi connectivity index (χ2n) is 17.2. The van der Waals surface area contributed by atoms with E-state index in [-0.39, 0.29) is 12.3 Å². The highest BCUT2D eigenvalue weighted by molar-refractivity contribution is 6.22. The molecular formula is C60H42N4. The van der Waals surface area contributed by atoms with Gasteiger partial charge in [-0.15, -0.1) is 0 Å². The number of benzene rings is 9. The number of rotatable bonds is 6. The Morgan fingerprint density at radius 2 is 0.688 bits per heavy atom. The summed E-state index contributed by atoms with van der Waals surface area (Å²) in [4.78, 5) is 15.2. The normalized spacial score (nSPS) is 17.8. The van der Waals surface area contributed by atoms with Crippen LogP contribution in [0.4, 0.5) is 0 Å². The first kappa shape index (κ1) is 36.6. The van der Waals surface area contributed by atoms with Gasteiger partial charge in [0.1, 0.15) is 12.3 Å². The van der Waals surface area contributed by atoms with Gasteiger partial charge in [0.05, 0.1) is 24.5 Å². The summed E-state index contributed by atoms with van der Waals surface area (Å²) in [6.07, 6.45) is 13.1. The zero-order chi connectivity index (χ0) is 42.1. The molecule has 4 aliphatic rings. The maximum atomic E-state index is 5.19. The molecule has 0 fully saturated rings. The zero-order valence-electron chi connectivity index (χ0n) is 35.1. The van der Waals surface area contributed by atoms with Crippen LogP contribution >= 0.6 is 0 Å². The Morgan fingerprint density at radius 3 is 1.08 bits per heavy atom. The first-order valence-electron chi connectivity index (χ1n) is 22.3. The molecule has 9 aromatic carbocycles. The van der Waals surface area contributed by atoms with E-state index < -0.39 is 0 Å². The first-order chi connectivity index (χ1) is 31.7. The Balaban J connectivity index is 0.832. The second kappa shape index (κ2) is 14.8. The van der Waals surface area contributed by atoms with Crippen LogP contribution in [0.1, 0.15) is 22.3 Å². The topological polar surface area (TPSA) is 31.2 Å². The van der Waals surface area contributed by atoms with E-state index >= 15 is 0 Å². The van der Waals surface area contributed by atoms with E-state index in [0.29, 0.717) is 0 Å². The lowest BCUT2D eigenvalue weighted by Gasteiger charge is -2.28. The lowest BCUT2D eigenvalue weighted by atomic mass is 9.85. The molecule has 0 aliphatic carbocycles. The molecule has 0 saturated heterocycles. The number of hydrogen-bond donors (Lipinski definition) is 0. The number of nitrogens with zero attached hydrogens (tertiary/aromatic N) is 4. The molecule has 0 saturated carbocycles. The molecule has 9 aromatic rings. The van der Waals surface area contributed by atoms with Crippen molar-refractivity contribution in [2.24, 2.45) is 9.98 Å². The van der Waals surface area contributed by atoms with Crippen molar-refractivity contribution in [3.05, 3.63) is 241 Å². The molecule has 0 aromatic heterocycles. The molecule has 4 heterocycles. The lowest BCUT2D eigenvalue weighted by molar-refractivity contribution is 0.416. The zero-order valence-corrected chi connectivity index (χ0v) is 35.1. The predicted octanol–water partition coefficient (Wildman–Crippen LogP) is 13.7. The van der Waals surface area contributed by atoms with Gasteiger partial charge < -0.3 is 9.80 Å². The average Bonchev–Trinajstić information content (AvgIpc) is 4.01. The summed E-state index contributed by atoms with van der Waals surface area (Å²) in [6.45, 7) is 1.56. The van der Waals surface area contributed by atoms with Gasteiger partial charge in [-0.25, -0.2) is 0 Å². The minimum absolute atomic E-state index is 0.0194. The third-order valence-corrected chi connectivity index (χ3v) is 13.5. The Kier molecular flexibility index (Phi) is 8.45. The molecule has 2 unspecified atom stereocenters. The van der Waals surface area contributed by atoms with Crippen LogP contribution < -0.4 is 0 Å². The molecule has 0 bridgehead atoms. The highest BCUT2D eigenvalue weighted by Gasteiger charge is 2.31. The molecule has 0 radical (unpaired) electrons. The fraction of sp³-hybridized carbons (Fsp3) is 0.0667. The van der Waals surface area contributed by atoms with Crippen molar-refractivity contribution in [3.8, 4) is 22.3 Å². The lowest BCUT2D eigenvalue weighted by Crippen LogP contribution is -2.30. The van der Waals surface area contributed by atoms with Gasteiger partial charge in [-0.1, -0.05) is 170 Å². The first-order valence-corrected chi connectivity index (χ1v) is 22.3. The highest BCUT2D eigenvalue weighted by atomic mass is 15.3.